The summed E-state index contributed by atoms with van der Waals surface area (Å²) in [6.45, 7) is 0.610. The summed E-state index contributed by atoms with van der Waals surface area (Å²) in [5, 5.41) is 12.1. The second-order valence-corrected chi connectivity index (χ2v) is 4.25. The number of benzene rings is 1. The summed E-state index contributed by atoms with van der Waals surface area (Å²) < 4.78 is 1.16. The predicted octanol–water partition coefficient (Wildman–Crippen LogP) is 2.63. The van der Waals surface area contributed by atoms with Gasteiger partial charge in [-0.3, -0.25) is 0 Å². The molecule has 0 fully saturated rings. The summed E-state index contributed by atoms with van der Waals surface area (Å²) in [4.78, 5) is 4.33. The van der Waals surface area contributed by atoms with Crippen LogP contribution in [-0.2, 0) is 0 Å². The molecular weight excluding hydrogens is 206 g/mol. The van der Waals surface area contributed by atoms with Gasteiger partial charge in [-0.05, 0) is 18.2 Å². The highest BCUT2D eigenvalue weighted by atomic mass is 32.1. The molecule has 72 valence electrons. The van der Waals surface area contributed by atoms with Crippen LogP contribution in [0, 0.1) is 11.3 Å². The molecule has 15 heavy (non-hydrogen) atoms. The number of nitriles is 1. The third kappa shape index (κ3) is 1.21. The number of anilines is 1. The lowest BCUT2D eigenvalue weighted by Crippen LogP contribution is -2.09. The summed E-state index contributed by atoms with van der Waals surface area (Å²) in [7, 11) is 0. The Kier molecular flexibility index (Phi) is 1.73. The number of nitrogens with zero attached hydrogens (tertiary/aromatic N) is 2. The maximum absolute atomic E-state index is 8.86. The maximum atomic E-state index is 8.86. The van der Waals surface area contributed by atoms with Crippen LogP contribution in [0.15, 0.2) is 23.2 Å². The number of hydrogen-bond donors (Lipinski definition) is 1. The Bertz CT molecular complexity index is 604. The molecular formula is C11H7N3S. The van der Waals surface area contributed by atoms with Crippen LogP contribution in [-0.4, -0.2) is 11.5 Å². The highest BCUT2D eigenvalue weighted by molar-refractivity contribution is 7.16. The highest BCUT2D eigenvalue weighted by Gasteiger charge is 2.13. The first-order valence-electron chi connectivity index (χ1n) is 4.59. The lowest BCUT2D eigenvalue weighted by molar-refractivity contribution is 1.25. The van der Waals surface area contributed by atoms with Crippen molar-refractivity contribution >= 4 is 33.3 Å². The Labute approximate surface area is 90.7 Å². The molecule has 0 amide bonds. The third-order valence-electron chi connectivity index (χ3n) is 2.47. The molecule has 0 bridgehead atoms. The van der Waals surface area contributed by atoms with Crippen molar-refractivity contribution in [2.24, 2.45) is 0 Å². The fraction of sp³-hybridized carbons (Fsp3) is 0.0909. The summed E-state index contributed by atoms with van der Waals surface area (Å²) in [5.41, 5.74) is 5.67. The smallest absolute Gasteiger partial charge is 0.0966 e. The third-order valence-corrected chi connectivity index (χ3v) is 3.27. The van der Waals surface area contributed by atoms with Crippen LogP contribution >= 0.6 is 11.3 Å². The molecule has 0 spiro atoms. The lowest BCUT2D eigenvalue weighted by atomic mass is 10.0. The van der Waals surface area contributed by atoms with Crippen LogP contribution in [0.4, 0.5) is 5.69 Å². The number of thiazole rings is 1. The van der Waals surface area contributed by atoms with E-state index >= 15 is 0 Å². The van der Waals surface area contributed by atoms with E-state index in [9.17, 15) is 0 Å². The Morgan fingerprint density at radius 3 is 3.27 bits per heavy atom. The Balaban J connectivity index is 2.35. The summed E-state index contributed by atoms with van der Waals surface area (Å²) in [6, 6.07) is 6.28. The van der Waals surface area contributed by atoms with Crippen molar-refractivity contribution in [2.75, 3.05) is 11.9 Å². The molecule has 0 radical (unpaired) electrons. The predicted molar refractivity (Wildman–Crippen MR) is 61.7 cm³/mol. The van der Waals surface area contributed by atoms with Crippen LogP contribution < -0.4 is 5.32 Å². The van der Waals surface area contributed by atoms with Crippen LogP contribution in [0.2, 0.25) is 0 Å². The van der Waals surface area contributed by atoms with E-state index in [1.54, 1.807) is 11.3 Å². The molecule has 2 heterocycles. The number of fused-ring (bicyclic) bond motifs is 3. The summed E-state index contributed by atoms with van der Waals surface area (Å²) in [5.74, 6) is 0. The van der Waals surface area contributed by atoms with Crippen molar-refractivity contribution in [1.82, 2.24) is 4.98 Å². The van der Waals surface area contributed by atoms with Gasteiger partial charge in [0, 0.05) is 16.8 Å². The first kappa shape index (κ1) is 8.45. The number of rotatable bonds is 0. The molecule has 2 aromatic rings. The minimum absolute atomic E-state index is 0.610. The van der Waals surface area contributed by atoms with Gasteiger partial charge < -0.3 is 5.32 Å². The van der Waals surface area contributed by atoms with Gasteiger partial charge in [0.1, 0.15) is 0 Å². The van der Waals surface area contributed by atoms with E-state index in [4.69, 9.17) is 5.26 Å². The standard InChI is InChI=1S/C11H7N3S/c12-4-7-3-8-9(13-5-7)1-2-10-11(8)14-6-15-10/h1-3,6,13H,5H2. The molecule has 0 aliphatic carbocycles. The Morgan fingerprint density at radius 1 is 1.47 bits per heavy atom. The lowest BCUT2D eigenvalue weighted by Gasteiger charge is -2.15. The van der Waals surface area contributed by atoms with Crippen LogP contribution in [0.25, 0.3) is 16.3 Å². The van der Waals surface area contributed by atoms with Gasteiger partial charge in [-0.15, -0.1) is 11.3 Å². The van der Waals surface area contributed by atoms with E-state index in [0.717, 1.165) is 27.0 Å². The number of aromatic nitrogens is 1. The van der Waals surface area contributed by atoms with Crippen LogP contribution in [0.3, 0.4) is 0 Å². The quantitative estimate of drug-likeness (QED) is 0.731. The van der Waals surface area contributed by atoms with Gasteiger partial charge in [-0.1, -0.05) is 0 Å². The number of hydrogen-bond acceptors (Lipinski definition) is 4. The summed E-state index contributed by atoms with van der Waals surface area (Å²) in [6.07, 6.45) is 1.92. The average Bonchev–Trinajstić information content (AvgIpc) is 2.76. The zero-order chi connectivity index (χ0) is 10.3. The Morgan fingerprint density at radius 2 is 2.40 bits per heavy atom. The van der Waals surface area contributed by atoms with E-state index in [-0.39, 0.29) is 0 Å². The van der Waals surface area contributed by atoms with Gasteiger partial charge in [0.2, 0.25) is 0 Å². The normalized spacial score (nSPS) is 13.9. The van der Waals surface area contributed by atoms with Crippen LogP contribution in [0.5, 0.6) is 0 Å². The molecule has 0 saturated heterocycles. The first-order chi connectivity index (χ1) is 7.38. The molecule has 0 atom stereocenters. The second kappa shape index (κ2) is 3.07. The van der Waals surface area contributed by atoms with Crippen molar-refractivity contribution in [3.8, 4) is 6.07 Å². The largest absolute Gasteiger partial charge is 0.380 e. The van der Waals surface area contributed by atoms with Crippen molar-refractivity contribution < 1.29 is 0 Å². The monoisotopic (exact) mass is 213 g/mol. The zero-order valence-corrected chi connectivity index (χ0v) is 8.64. The molecule has 1 aliphatic heterocycles. The average molecular weight is 213 g/mol. The molecule has 1 N–H and O–H groups in total. The number of nitrogens with one attached hydrogen (secondary N) is 1. The van der Waals surface area contributed by atoms with E-state index in [2.05, 4.69) is 22.4 Å². The van der Waals surface area contributed by atoms with Crippen LogP contribution in [0.1, 0.15) is 5.56 Å². The highest BCUT2D eigenvalue weighted by Crippen LogP contribution is 2.31. The van der Waals surface area contributed by atoms with Gasteiger partial charge in [0.15, 0.2) is 0 Å². The van der Waals surface area contributed by atoms with Gasteiger partial charge in [0.25, 0.3) is 0 Å². The van der Waals surface area contributed by atoms with Gasteiger partial charge in [0.05, 0.1) is 28.3 Å². The molecule has 3 nitrogen and oxygen atoms in total. The molecule has 4 heteroatoms. The van der Waals surface area contributed by atoms with Crippen molar-refractivity contribution in [1.29, 1.82) is 5.26 Å². The molecule has 3 rings (SSSR count). The molecule has 1 aromatic heterocycles. The molecule has 1 aromatic carbocycles. The fourth-order valence-corrected chi connectivity index (χ4v) is 2.43. The first-order valence-corrected chi connectivity index (χ1v) is 5.47. The van der Waals surface area contributed by atoms with Crippen molar-refractivity contribution in [3.63, 3.8) is 0 Å². The topological polar surface area (TPSA) is 48.7 Å². The van der Waals surface area contributed by atoms with E-state index < -0.39 is 0 Å². The van der Waals surface area contributed by atoms with Gasteiger partial charge in [-0.25, -0.2) is 4.98 Å². The van der Waals surface area contributed by atoms with Crippen molar-refractivity contribution in [3.05, 3.63) is 28.8 Å². The van der Waals surface area contributed by atoms with E-state index in [1.165, 1.54) is 0 Å². The molecule has 1 aliphatic rings. The van der Waals surface area contributed by atoms with E-state index in [1.807, 2.05) is 17.7 Å². The molecule has 0 saturated carbocycles. The molecule has 0 unspecified atom stereocenters. The SMILES string of the molecule is N#CC1=Cc2c(ccc3scnc23)NC1. The fourth-order valence-electron chi connectivity index (χ4n) is 1.74. The van der Waals surface area contributed by atoms with Gasteiger partial charge in [-0.2, -0.15) is 5.26 Å². The van der Waals surface area contributed by atoms with Gasteiger partial charge >= 0.3 is 0 Å². The van der Waals surface area contributed by atoms with E-state index in [0.29, 0.717) is 6.54 Å². The maximum Gasteiger partial charge on any atom is 0.0966 e. The minimum atomic E-state index is 0.610. The minimum Gasteiger partial charge on any atom is -0.380 e. The van der Waals surface area contributed by atoms with Crippen molar-refractivity contribution in [2.45, 2.75) is 0 Å². The summed E-state index contributed by atoms with van der Waals surface area (Å²) >= 11 is 1.62. The second-order valence-electron chi connectivity index (χ2n) is 3.36. The zero-order valence-electron chi connectivity index (χ0n) is 7.82. The Hall–Kier alpha value is -1.86.